The fourth-order valence-corrected chi connectivity index (χ4v) is 2.83. The molecule has 1 aliphatic rings. The Labute approximate surface area is 165 Å². The van der Waals surface area contributed by atoms with Crippen molar-refractivity contribution in [3.63, 3.8) is 0 Å². The van der Waals surface area contributed by atoms with Crippen molar-refractivity contribution in [3.8, 4) is 0 Å². The Balaban J connectivity index is 1.78. The lowest BCUT2D eigenvalue weighted by Gasteiger charge is -2.35. The van der Waals surface area contributed by atoms with Gasteiger partial charge in [0.05, 0.1) is 6.61 Å². The molecule has 0 bridgehead atoms. The third-order valence-electron chi connectivity index (χ3n) is 4.10. The Bertz CT molecular complexity index is 672. The van der Waals surface area contributed by atoms with Crippen molar-refractivity contribution >= 4 is 17.9 Å². The number of amides is 3. The zero-order valence-corrected chi connectivity index (χ0v) is 16.7. The number of hydrogen-bond donors (Lipinski definition) is 2. The first-order chi connectivity index (χ1) is 13.3. The van der Waals surface area contributed by atoms with Gasteiger partial charge in [-0.1, -0.05) is 30.3 Å². The summed E-state index contributed by atoms with van der Waals surface area (Å²) >= 11 is 0. The molecule has 1 fully saturated rings. The van der Waals surface area contributed by atoms with E-state index in [1.165, 1.54) is 4.90 Å². The van der Waals surface area contributed by atoms with Gasteiger partial charge >= 0.3 is 6.09 Å². The van der Waals surface area contributed by atoms with Gasteiger partial charge in [0.1, 0.15) is 18.2 Å². The quantitative estimate of drug-likeness (QED) is 0.750. The zero-order valence-electron chi connectivity index (χ0n) is 16.7. The highest BCUT2D eigenvalue weighted by molar-refractivity contribution is 5.88. The van der Waals surface area contributed by atoms with Crippen LogP contribution in [0.3, 0.4) is 0 Å². The van der Waals surface area contributed by atoms with E-state index in [2.05, 4.69) is 10.9 Å². The van der Waals surface area contributed by atoms with Gasteiger partial charge in [-0.25, -0.2) is 4.79 Å². The molecule has 1 saturated heterocycles. The minimum Gasteiger partial charge on any atom is -0.444 e. The van der Waals surface area contributed by atoms with Gasteiger partial charge < -0.3 is 9.47 Å². The van der Waals surface area contributed by atoms with E-state index < -0.39 is 29.6 Å². The summed E-state index contributed by atoms with van der Waals surface area (Å²) in [5, 5.41) is 0. The van der Waals surface area contributed by atoms with Crippen molar-refractivity contribution in [2.24, 2.45) is 0 Å². The number of hydrazine groups is 1. The van der Waals surface area contributed by atoms with Gasteiger partial charge in [-0.3, -0.25) is 25.3 Å². The van der Waals surface area contributed by atoms with Crippen molar-refractivity contribution < 1.29 is 23.9 Å². The third kappa shape index (κ3) is 7.19. The first kappa shape index (κ1) is 21.7. The number of benzene rings is 1. The van der Waals surface area contributed by atoms with Crippen LogP contribution in [0.2, 0.25) is 0 Å². The van der Waals surface area contributed by atoms with Gasteiger partial charge in [0.25, 0.3) is 11.8 Å². The normalized spacial score (nSPS) is 17.0. The molecule has 1 unspecified atom stereocenters. The van der Waals surface area contributed by atoms with E-state index in [1.807, 2.05) is 30.3 Å². The van der Waals surface area contributed by atoms with Gasteiger partial charge in [-0.15, -0.1) is 0 Å². The summed E-state index contributed by atoms with van der Waals surface area (Å²) in [5.41, 5.74) is 5.03. The molecule has 1 aliphatic heterocycles. The highest BCUT2D eigenvalue weighted by Gasteiger charge is 2.34. The zero-order chi connectivity index (χ0) is 20.6. The second-order valence-electron chi connectivity index (χ2n) is 7.70. The molecule has 0 radical (unpaired) electrons. The fourth-order valence-electron chi connectivity index (χ4n) is 2.83. The number of nitrogens with one attached hydrogen (secondary N) is 2. The number of nitrogens with zero attached hydrogens (tertiary/aromatic N) is 1. The van der Waals surface area contributed by atoms with Crippen molar-refractivity contribution in [2.75, 3.05) is 13.2 Å². The molecular formula is C20H29N3O5. The number of hydrogen-bond acceptors (Lipinski definition) is 5. The van der Waals surface area contributed by atoms with E-state index in [0.717, 1.165) is 18.4 Å². The van der Waals surface area contributed by atoms with E-state index in [0.29, 0.717) is 19.6 Å². The Kier molecular flexibility index (Phi) is 7.80. The summed E-state index contributed by atoms with van der Waals surface area (Å²) in [7, 11) is 0. The largest absolute Gasteiger partial charge is 0.444 e. The summed E-state index contributed by atoms with van der Waals surface area (Å²) in [6.45, 7) is 5.90. The molecule has 0 spiro atoms. The van der Waals surface area contributed by atoms with Crippen LogP contribution in [0.25, 0.3) is 0 Å². The minimum atomic E-state index is -0.672. The molecule has 2 N–H and O–H groups in total. The van der Waals surface area contributed by atoms with Crippen molar-refractivity contribution in [1.82, 2.24) is 15.8 Å². The summed E-state index contributed by atoms with van der Waals surface area (Å²) in [6.07, 6.45) is 1.63. The van der Waals surface area contributed by atoms with Crippen LogP contribution in [0, 0.1) is 0 Å². The fraction of sp³-hybridized carbons (Fsp3) is 0.550. The average molecular weight is 391 g/mol. The van der Waals surface area contributed by atoms with E-state index in [1.54, 1.807) is 20.8 Å². The van der Waals surface area contributed by atoms with E-state index in [-0.39, 0.29) is 6.61 Å². The van der Waals surface area contributed by atoms with Crippen molar-refractivity contribution in [2.45, 2.75) is 58.3 Å². The first-order valence-electron chi connectivity index (χ1n) is 9.46. The molecule has 3 amide bonds. The number of carbonyl (C=O) groups is 3. The van der Waals surface area contributed by atoms with Crippen LogP contribution >= 0.6 is 0 Å². The molecule has 28 heavy (non-hydrogen) atoms. The van der Waals surface area contributed by atoms with Crippen LogP contribution in [-0.2, 0) is 25.7 Å². The number of ether oxygens (including phenoxy) is 2. The van der Waals surface area contributed by atoms with Gasteiger partial charge in [-0.05, 0) is 45.6 Å². The topological polar surface area (TPSA) is 97.0 Å². The summed E-state index contributed by atoms with van der Waals surface area (Å²) in [5.74, 6) is -0.911. The number of carbonyl (C=O) groups excluding carboxylic acids is 3. The van der Waals surface area contributed by atoms with E-state index in [9.17, 15) is 14.4 Å². The highest BCUT2D eigenvalue weighted by atomic mass is 16.6. The summed E-state index contributed by atoms with van der Waals surface area (Å²) in [4.78, 5) is 38.1. The highest BCUT2D eigenvalue weighted by Crippen LogP contribution is 2.20. The maximum Gasteiger partial charge on any atom is 0.410 e. The van der Waals surface area contributed by atoms with Crippen LogP contribution in [0.1, 0.15) is 45.6 Å². The second kappa shape index (κ2) is 10.1. The number of rotatable bonds is 5. The summed E-state index contributed by atoms with van der Waals surface area (Å²) in [6, 6.07) is 8.80. The second-order valence-corrected chi connectivity index (χ2v) is 7.70. The molecule has 0 saturated carbocycles. The van der Waals surface area contributed by atoms with Crippen LogP contribution in [0.15, 0.2) is 30.3 Å². The maximum atomic E-state index is 12.5. The van der Waals surface area contributed by atoms with E-state index in [4.69, 9.17) is 9.47 Å². The van der Waals surface area contributed by atoms with Gasteiger partial charge in [0, 0.05) is 6.54 Å². The Morgan fingerprint density at radius 1 is 1.11 bits per heavy atom. The predicted octanol–water partition coefficient (Wildman–Crippen LogP) is 2.14. The molecule has 2 rings (SSSR count). The smallest absolute Gasteiger partial charge is 0.410 e. The number of piperidine rings is 1. The molecule has 1 aromatic rings. The van der Waals surface area contributed by atoms with Crippen molar-refractivity contribution in [1.29, 1.82) is 0 Å². The van der Waals surface area contributed by atoms with Crippen LogP contribution in [0.5, 0.6) is 0 Å². The summed E-state index contributed by atoms with van der Waals surface area (Å²) < 4.78 is 10.7. The van der Waals surface area contributed by atoms with Gasteiger partial charge in [-0.2, -0.15) is 0 Å². The van der Waals surface area contributed by atoms with Crippen LogP contribution < -0.4 is 10.9 Å². The standard InChI is InChI=1S/C20H29N3O5/c1-20(2,3)28-19(26)23-12-8-7-11-16(23)18(25)22-21-17(24)14-27-13-15-9-5-4-6-10-15/h4-6,9-10,16H,7-8,11-14H2,1-3H3,(H,21,24)(H,22,25). The lowest BCUT2D eigenvalue weighted by molar-refractivity contribution is -0.134. The molecule has 0 aliphatic carbocycles. The minimum absolute atomic E-state index is 0.185. The molecule has 1 atom stereocenters. The van der Waals surface area contributed by atoms with Crippen molar-refractivity contribution in [3.05, 3.63) is 35.9 Å². The Morgan fingerprint density at radius 2 is 1.82 bits per heavy atom. The molecule has 0 aromatic heterocycles. The molecule has 8 nitrogen and oxygen atoms in total. The molecule has 8 heteroatoms. The average Bonchev–Trinajstić information content (AvgIpc) is 2.65. The van der Waals surface area contributed by atoms with Crippen LogP contribution in [0.4, 0.5) is 4.79 Å². The lowest BCUT2D eigenvalue weighted by Crippen LogP contribution is -2.56. The maximum absolute atomic E-state index is 12.5. The SMILES string of the molecule is CC(C)(C)OC(=O)N1CCCCC1C(=O)NNC(=O)COCc1ccccc1. The monoisotopic (exact) mass is 391 g/mol. The van der Waals surface area contributed by atoms with Crippen LogP contribution in [-0.4, -0.2) is 47.6 Å². The Morgan fingerprint density at radius 3 is 2.50 bits per heavy atom. The molecule has 1 heterocycles. The first-order valence-corrected chi connectivity index (χ1v) is 9.46. The van der Waals surface area contributed by atoms with Gasteiger partial charge in [0.2, 0.25) is 0 Å². The lowest BCUT2D eigenvalue weighted by atomic mass is 10.0. The van der Waals surface area contributed by atoms with E-state index >= 15 is 0 Å². The predicted molar refractivity (Wildman–Crippen MR) is 103 cm³/mol. The molecule has 154 valence electrons. The molecule has 1 aromatic carbocycles. The number of likely N-dealkylation sites (tertiary alicyclic amines) is 1. The van der Waals surface area contributed by atoms with Gasteiger partial charge in [0.15, 0.2) is 0 Å². The Hall–Kier alpha value is -2.61. The molecular weight excluding hydrogens is 362 g/mol. The third-order valence-corrected chi connectivity index (χ3v) is 4.10.